The number of aryl methyl sites for hydroxylation is 1. The molecule has 0 fully saturated rings. The maximum Gasteiger partial charge on any atom is 0.262 e. The molecule has 3 aromatic rings. The molecular formula is C19H18BrClN2. The molecule has 0 aliphatic carbocycles. The van der Waals surface area contributed by atoms with Gasteiger partial charge in [-0.1, -0.05) is 29.3 Å². The Morgan fingerprint density at radius 3 is 2.39 bits per heavy atom. The van der Waals surface area contributed by atoms with E-state index >= 15 is 0 Å². The van der Waals surface area contributed by atoms with Gasteiger partial charge < -0.3 is 17.0 Å². The second-order valence-corrected chi connectivity index (χ2v) is 6.33. The number of benzene rings is 2. The van der Waals surface area contributed by atoms with Crippen LogP contribution in [0.25, 0.3) is 16.9 Å². The quantitative estimate of drug-likeness (QED) is 0.585. The largest absolute Gasteiger partial charge is 1.00 e. The SMILES string of the molecule is Cc1ccc(-n2cc(-c3ccc(Cl)cc3)[n+]3c2CCC3)cc1.[Br-]. The average molecular weight is 390 g/mol. The van der Waals surface area contributed by atoms with Crippen LogP contribution in [0.1, 0.15) is 17.8 Å². The van der Waals surface area contributed by atoms with E-state index in [1.165, 1.54) is 34.8 Å². The molecule has 1 aromatic heterocycles. The molecule has 0 atom stereocenters. The zero-order valence-corrected chi connectivity index (χ0v) is 15.3. The number of imidazole rings is 1. The number of nitrogens with zero attached hydrogens (tertiary/aromatic N) is 2. The van der Waals surface area contributed by atoms with Crippen LogP contribution in [0.5, 0.6) is 0 Å². The summed E-state index contributed by atoms with van der Waals surface area (Å²) < 4.78 is 4.76. The minimum Gasteiger partial charge on any atom is -1.00 e. The first-order valence-electron chi connectivity index (χ1n) is 7.69. The Hall–Kier alpha value is -1.58. The van der Waals surface area contributed by atoms with Gasteiger partial charge in [0, 0.05) is 10.6 Å². The maximum absolute atomic E-state index is 6.02. The molecule has 0 saturated carbocycles. The van der Waals surface area contributed by atoms with E-state index in [2.05, 4.69) is 58.7 Å². The van der Waals surface area contributed by atoms with Crippen molar-refractivity contribution in [2.24, 2.45) is 0 Å². The van der Waals surface area contributed by atoms with Crippen LogP contribution in [-0.2, 0) is 13.0 Å². The van der Waals surface area contributed by atoms with Crippen LogP contribution >= 0.6 is 11.6 Å². The number of hydrogen-bond donors (Lipinski definition) is 0. The number of aromatic nitrogens is 2. The Balaban J connectivity index is 0.00000156. The molecule has 0 spiro atoms. The normalized spacial score (nSPS) is 12.8. The first-order chi connectivity index (χ1) is 10.7. The van der Waals surface area contributed by atoms with Crippen molar-refractivity contribution in [1.29, 1.82) is 0 Å². The lowest BCUT2D eigenvalue weighted by atomic mass is 10.1. The average Bonchev–Trinajstić information content (AvgIpc) is 3.12. The third-order valence-electron chi connectivity index (χ3n) is 4.37. The lowest BCUT2D eigenvalue weighted by Gasteiger charge is -1.98. The predicted molar refractivity (Wildman–Crippen MR) is 89.5 cm³/mol. The minimum absolute atomic E-state index is 0. The molecule has 1 aliphatic rings. The second kappa shape index (κ2) is 6.50. The van der Waals surface area contributed by atoms with Crippen LogP contribution in [0.2, 0.25) is 5.02 Å². The summed E-state index contributed by atoms with van der Waals surface area (Å²) in [5.74, 6) is 1.38. The zero-order valence-electron chi connectivity index (χ0n) is 13.0. The number of fused-ring (bicyclic) bond motifs is 1. The molecule has 2 nitrogen and oxygen atoms in total. The molecule has 0 amide bonds. The first-order valence-corrected chi connectivity index (χ1v) is 8.07. The molecule has 0 unspecified atom stereocenters. The van der Waals surface area contributed by atoms with Gasteiger partial charge in [-0.3, -0.25) is 0 Å². The van der Waals surface area contributed by atoms with Crippen LogP contribution in [0.3, 0.4) is 0 Å². The van der Waals surface area contributed by atoms with E-state index in [1.807, 2.05) is 12.1 Å². The highest BCUT2D eigenvalue weighted by Crippen LogP contribution is 2.25. The summed E-state index contributed by atoms with van der Waals surface area (Å²) in [6, 6.07) is 16.8. The van der Waals surface area contributed by atoms with Gasteiger partial charge in [0.2, 0.25) is 0 Å². The summed E-state index contributed by atoms with van der Waals surface area (Å²) in [6.07, 6.45) is 4.59. The van der Waals surface area contributed by atoms with E-state index in [0.29, 0.717) is 0 Å². The zero-order chi connectivity index (χ0) is 15.1. The Morgan fingerprint density at radius 1 is 1.00 bits per heavy atom. The van der Waals surface area contributed by atoms with Gasteiger partial charge in [0.05, 0.1) is 13.0 Å². The number of halogens is 2. The molecule has 0 saturated heterocycles. The maximum atomic E-state index is 6.02. The monoisotopic (exact) mass is 388 g/mol. The van der Waals surface area contributed by atoms with E-state index in [9.17, 15) is 0 Å². The van der Waals surface area contributed by atoms with Crippen molar-refractivity contribution < 1.29 is 21.5 Å². The molecule has 0 N–H and O–H groups in total. The Bertz CT molecular complexity index is 752. The highest BCUT2D eigenvalue weighted by molar-refractivity contribution is 6.30. The van der Waals surface area contributed by atoms with E-state index in [-0.39, 0.29) is 17.0 Å². The van der Waals surface area contributed by atoms with Crippen molar-refractivity contribution in [1.82, 2.24) is 4.57 Å². The van der Waals surface area contributed by atoms with Crippen molar-refractivity contribution in [2.75, 3.05) is 0 Å². The van der Waals surface area contributed by atoms with Crippen LogP contribution in [0.4, 0.5) is 0 Å². The number of hydrogen-bond acceptors (Lipinski definition) is 0. The molecule has 2 aromatic carbocycles. The fourth-order valence-corrected chi connectivity index (χ4v) is 3.34. The summed E-state index contributed by atoms with van der Waals surface area (Å²) in [5, 5.41) is 0.781. The van der Waals surface area contributed by atoms with Gasteiger partial charge in [-0.15, -0.1) is 0 Å². The Morgan fingerprint density at radius 2 is 1.70 bits per heavy atom. The van der Waals surface area contributed by atoms with Crippen LogP contribution in [-0.4, -0.2) is 4.57 Å². The topological polar surface area (TPSA) is 8.81 Å². The molecular weight excluding hydrogens is 372 g/mol. The fraction of sp³-hybridized carbons (Fsp3) is 0.211. The van der Waals surface area contributed by atoms with E-state index in [1.54, 1.807) is 0 Å². The van der Waals surface area contributed by atoms with Crippen LogP contribution in [0.15, 0.2) is 54.7 Å². The van der Waals surface area contributed by atoms with Gasteiger partial charge in [-0.25, -0.2) is 4.57 Å². The summed E-state index contributed by atoms with van der Waals surface area (Å²) in [4.78, 5) is 0. The third kappa shape index (κ3) is 2.96. The smallest absolute Gasteiger partial charge is 0.262 e. The molecule has 0 radical (unpaired) electrons. The van der Waals surface area contributed by atoms with Gasteiger partial charge in [-0.05, 0) is 49.7 Å². The molecule has 2 heterocycles. The van der Waals surface area contributed by atoms with Gasteiger partial charge in [-0.2, -0.15) is 4.57 Å². The summed E-state index contributed by atoms with van der Waals surface area (Å²) >= 11 is 6.02. The summed E-state index contributed by atoms with van der Waals surface area (Å²) in [6.45, 7) is 3.21. The predicted octanol–water partition coefficient (Wildman–Crippen LogP) is 1.34. The highest BCUT2D eigenvalue weighted by atomic mass is 79.9. The molecule has 23 heavy (non-hydrogen) atoms. The fourth-order valence-electron chi connectivity index (χ4n) is 3.22. The Kier molecular flexibility index (Phi) is 4.60. The van der Waals surface area contributed by atoms with Crippen molar-refractivity contribution in [2.45, 2.75) is 26.3 Å². The summed E-state index contributed by atoms with van der Waals surface area (Å²) in [7, 11) is 0. The standard InChI is InChI=1S/C19H18ClN2.BrH/c1-14-4-10-17(11-5-14)22-13-18(21-12-2-3-19(21)22)15-6-8-16(20)9-7-15;/h4-11,13H,2-3,12H2,1H3;1H/q+1;/p-1. The molecule has 4 rings (SSSR count). The highest BCUT2D eigenvalue weighted by Gasteiger charge is 2.29. The molecule has 0 bridgehead atoms. The van der Waals surface area contributed by atoms with Crippen molar-refractivity contribution in [3.05, 3.63) is 71.1 Å². The first kappa shape index (κ1) is 16.3. The van der Waals surface area contributed by atoms with Gasteiger partial charge in [0.25, 0.3) is 5.82 Å². The number of rotatable bonds is 2. The second-order valence-electron chi connectivity index (χ2n) is 5.90. The third-order valence-corrected chi connectivity index (χ3v) is 4.62. The lowest BCUT2D eigenvalue weighted by Crippen LogP contribution is -3.00. The van der Waals surface area contributed by atoms with Crippen LogP contribution in [0, 0.1) is 6.92 Å². The van der Waals surface area contributed by atoms with E-state index in [4.69, 9.17) is 11.6 Å². The minimum atomic E-state index is 0. The summed E-state index contributed by atoms with van der Waals surface area (Å²) in [5.41, 5.74) is 5.01. The van der Waals surface area contributed by atoms with Gasteiger partial charge in [0.15, 0.2) is 5.69 Å². The lowest BCUT2D eigenvalue weighted by molar-refractivity contribution is -0.679. The van der Waals surface area contributed by atoms with E-state index < -0.39 is 0 Å². The molecule has 1 aliphatic heterocycles. The van der Waals surface area contributed by atoms with Gasteiger partial charge >= 0.3 is 0 Å². The molecule has 4 heteroatoms. The molecule has 118 valence electrons. The van der Waals surface area contributed by atoms with Crippen molar-refractivity contribution >= 4 is 11.6 Å². The van der Waals surface area contributed by atoms with E-state index in [0.717, 1.165) is 18.0 Å². The Labute approximate surface area is 152 Å². The van der Waals surface area contributed by atoms with Crippen LogP contribution < -0.4 is 21.5 Å². The van der Waals surface area contributed by atoms with Crippen molar-refractivity contribution in [3.8, 4) is 16.9 Å². The van der Waals surface area contributed by atoms with Gasteiger partial charge in [0.1, 0.15) is 11.9 Å². The van der Waals surface area contributed by atoms with Crippen molar-refractivity contribution in [3.63, 3.8) is 0 Å².